The minimum atomic E-state index is -2.34. The summed E-state index contributed by atoms with van der Waals surface area (Å²) in [6.45, 7) is 18.1. The van der Waals surface area contributed by atoms with Crippen LogP contribution < -0.4 is 4.90 Å². The maximum absolute atomic E-state index is 16.9. The Morgan fingerprint density at radius 2 is 1.63 bits per heavy atom. The summed E-state index contributed by atoms with van der Waals surface area (Å²) in [4.78, 5) is 22.9. The second kappa shape index (κ2) is 14.0. The largest absolute Gasteiger partial charge is 0.465 e. The van der Waals surface area contributed by atoms with Crippen molar-refractivity contribution in [1.29, 1.82) is 5.26 Å². The molecular weight excluding hydrogens is 687 g/mol. The van der Waals surface area contributed by atoms with Crippen LogP contribution in [-0.4, -0.2) is 59.3 Å². The standard InChI is InChI=1S/C40H45F4N5O2Si/c1-23(2)52(24(3)4,25(5)6)20-15-27-30(41)14-13-26-11-10-12-28(32(26)27)33-31(42)21-29-35(34(33)43)46-37(44)47-36(29)48-18-19-49(38(50)51)40(22-48,16-17-45)39(7,8)9/h10-14,21,23-25H,16,18-19,22H2,1-9H3,(H,50,51)/t40-/m1/s1. The van der Waals surface area contributed by atoms with Gasteiger partial charge >= 0.3 is 12.2 Å². The minimum absolute atomic E-state index is 0.0185. The first-order chi connectivity index (χ1) is 24.3. The molecule has 1 amide bonds. The van der Waals surface area contributed by atoms with E-state index in [1.165, 1.54) is 23.1 Å². The Kier molecular flexibility index (Phi) is 10.4. The fraction of sp³-hybridized carbons (Fsp3) is 0.450. The molecule has 1 aliphatic rings. The number of piperazine rings is 1. The Hall–Kier alpha value is -4.68. The van der Waals surface area contributed by atoms with Crippen molar-refractivity contribution in [2.24, 2.45) is 5.41 Å². The number of hydrogen-bond donors (Lipinski definition) is 1. The van der Waals surface area contributed by atoms with Gasteiger partial charge in [-0.2, -0.15) is 19.6 Å². The van der Waals surface area contributed by atoms with Crippen molar-refractivity contribution in [2.75, 3.05) is 24.5 Å². The highest BCUT2D eigenvalue weighted by Gasteiger charge is 2.52. The molecule has 0 unspecified atom stereocenters. The van der Waals surface area contributed by atoms with Gasteiger partial charge in [-0.25, -0.2) is 18.0 Å². The average molecular weight is 732 g/mol. The number of anilines is 1. The van der Waals surface area contributed by atoms with Crippen LogP contribution in [-0.2, 0) is 0 Å². The molecule has 0 saturated carbocycles. The number of nitriles is 1. The second-order valence-corrected chi connectivity index (χ2v) is 21.3. The first-order valence-corrected chi connectivity index (χ1v) is 19.8. The van der Waals surface area contributed by atoms with E-state index in [1.54, 1.807) is 37.8 Å². The van der Waals surface area contributed by atoms with E-state index < -0.39 is 59.7 Å². The van der Waals surface area contributed by atoms with Gasteiger partial charge in [-0.1, -0.05) is 92.5 Å². The number of aromatic nitrogens is 2. The van der Waals surface area contributed by atoms with Gasteiger partial charge in [0, 0.05) is 30.4 Å². The van der Waals surface area contributed by atoms with Gasteiger partial charge in [0.05, 0.1) is 29.2 Å². The summed E-state index contributed by atoms with van der Waals surface area (Å²) < 4.78 is 64.5. The molecule has 1 aliphatic heterocycles. The summed E-state index contributed by atoms with van der Waals surface area (Å²) in [5.41, 5.74) is 1.36. The van der Waals surface area contributed by atoms with Crippen molar-refractivity contribution in [3.63, 3.8) is 0 Å². The van der Waals surface area contributed by atoms with Gasteiger partial charge in [-0.3, -0.25) is 4.90 Å². The van der Waals surface area contributed by atoms with Crippen LogP contribution in [0.25, 0.3) is 32.8 Å². The van der Waals surface area contributed by atoms with Gasteiger partial charge < -0.3 is 10.0 Å². The van der Waals surface area contributed by atoms with Crippen LogP contribution in [0.5, 0.6) is 0 Å². The Bertz CT molecular complexity index is 2140. The molecule has 1 N–H and O–H groups in total. The molecule has 1 aromatic heterocycles. The molecule has 0 bridgehead atoms. The van der Waals surface area contributed by atoms with Gasteiger partial charge in [-0.05, 0) is 45.1 Å². The molecule has 0 aliphatic carbocycles. The van der Waals surface area contributed by atoms with E-state index >= 15 is 17.6 Å². The van der Waals surface area contributed by atoms with Gasteiger partial charge in [0.2, 0.25) is 0 Å². The topological polar surface area (TPSA) is 93.3 Å². The predicted octanol–water partition coefficient (Wildman–Crippen LogP) is 10.1. The third kappa shape index (κ3) is 6.25. The SMILES string of the molecule is CC(C)[Si](C#Cc1c(F)ccc2cccc(-c3c(F)cc4c(N5CCN(C(=O)O)[C@@](CC#N)(C(C)(C)C)C5)nc(F)nc4c3F)c12)(C(C)C)C(C)C. The molecule has 0 spiro atoms. The molecule has 1 fully saturated rings. The van der Waals surface area contributed by atoms with E-state index in [-0.39, 0.29) is 70.4 Å². The molecule has 1 saturated heterocycles. The Labute approximate surface area is 303 Å². The minimum Gasteiger partial charge on any atom is -0.465 e. The lowest BCUT2D eigenvalue weighted by Crippen LogP contribution is -2.69. The third-order valence-corrected chi connectivity index (χ3v) is 17.5. The molecule has 5 rings (SSSR count). The zero-order chi connectivity index (χ0) is 38.5. The smallest absolute Gasteiger partial charge is 0.407 e. The van der Waals surface area contributed by atoms with Crippen molar-refractivity contribution in [3.8, 4) is 28.7 Å². The van der Waals surface area contributed by atoms with Gasteiger partial charge in [0.25, 0.3) is 0 Å². The van der Waals surface area contributed by atoms with Crippen LogP contribution in [0.1, 0.15) is 74.3 Å². The fourth-order valence-electron chi connectivity index (χ4n) is 8.49. The Morgan fingerprint density at radius 3 is 2.21 bits per heavy atom. The highest BCUT2D eigenvalue weighted by Crippen LogP contribution is 2.45. The van der Waals surface area contributed by atoms with E-state index in [1.807, 2.05) is 0 Å². The Morgan fingerprint density at radius 1 is 0.981 bits per heavy atom. The lowest BCUT2D eigenvalue weighted by Gasteiger charge is -2.55. The van der Waals surface area contributed by atoms with Crippen LogP contribution in [0.15, 0.2) is 36.4 Å². The molecule has 3 aromatic carbocycles. The maximum atomic E-state index is 16.9. The number of carbonyl (C=O) groups is 1. The number of rotatable bonds is 6. The quantitative estimate of drug-likeness (QED) is 0.0919. The molecule has 1 atom stereocenters. The molecule has 274 valence electrons. The fourth-order valence-corrected chi connectivity index (χ4v) is 13.7. The molecular formula is C40H45F4N5O2Si. The molecule has 0 radical (unpaired) electrons. The summed E-state index contributed by atoms with van der Waals surface area (Å²) in [6.07, 6.45) is -2.67. The van der Waals surface area contributed by atoms with Crippen LogP contribution in [0.4, 0.5) is 28.2 Å². The summed E-state index contributed by atoms with van der Waals surface area (Å²) in [5.74, 6) is 0.247. The number of amides is 1. The van der Waals surface area contributed by atoms with Crippen LogP contribution in [0.2, 0.25) is 16.6 Å². The van der Waals surface area contributed by atoms with Crippen LogP contribution in [0, 0.1) is 51.7 Å². The van der Waals surface area contributed by atoms with Gasteiger partial charge in [0.15, 0.2) is 5.82 Å². The number of hydrogen-bond acceptors (Lipinski definition) is 5. The summed E-state index contributed by atoms with van der Waals surface area (Å²) >= 11 is 0. The van der Waals surface area contributed by atoms with E-state index in [9.17, 15) is 15.2 Å². The molecule has 52 heavy (non-hydrogen) atoms. The predicted molar refractivity (Wildman–Crippen MR) is 200 cm³/mol. The number of nitrogens with zero attached hydrogens (tertiary/aromatic N) is 5. The second-order valence-electron chi connectivity index (χ2n) is 15.7. The first-order valence-electron chi connectivity index (χ1n) is 17.5. The van der Waals surface area contributed by atoms with E-state index in [0.717, 1.165) is 6.07 Å². The van der Waals surface area contributed by atoms with Crippen molar-refractivity contribution < 1.29 is 27.5 Å². The molecule has 7 nitrogen and oxygen atoms in total. The normalized spacial score (nSPS) is 16.9. The van der Waals surface area contributed by atoms with E-state index in [4.69, 9.17) is 0 Å². The highest BCUT2D eigenvalue weighted by atomic mass is 28.3. The zero-order valence-corrected chi connectivity index (χ0v) is 32.1. The lowest BCUT2D eigenvalue weighted by molar-refractivity contribution is -0.00279. The average Bonchev–Trinajstić information content (AvgIpc) is 3.05. The van der Waals surface area contributed by atoms with Crippen molar-refractivity contribution >= 4 is 41.7 Å². The van der Waals surface area contributed by atoms with E-state index in [2.05, 4.69) is 69.0 Å². The molecule has 4 aromatic rings. The van der Waals surface area contributed by atoms with Crippen molar-refractivity contribution in [2.45, 2.75) is 90.9 Å². The molecule has 2 heterocycles. The van der Waals surface area contributed by atoms with Crippen LogP contribution >= 0.6 is 0 Å². The van der Waals surface area contributed by atoms with Crippen molar-refractivity contribution in [1.82, 2.24) is 14.9 Å². The van der Waals surface area contributed by atoms with Gasteiger partial charge in [-0.15, -0.1) is 5.54 Å². The Balaban J connectivity index is 1.76. The number of benzene rings is 3. The van der Waals surface area contributed by atoms with Crippen LogP contribution in [0.3, 0.4) is 0 Å². The highest BCUT2D eigenvalue weighted by molar-refractivity contribution is 6.90. The maximum Gasteiger partial charge on any atom is 0.407 e. The van der Waals surface area contributed by atoms with Crippen molar-refractivity contribution in [3.05, 3.63) is 65.5 Å². The summed E-state index contributed by atoms with van der Waals surface area (Å²) in [7, 11) is -2.34. The number of carboxylic acid groups (broad SMARTS) is 1. The summed E-state index contributed by atoms with van der Waals surface area (Å²) in [5, 5.41) is 20.5. The first kappa shape index (κ1) is 38.5. The zero-order valence-electron chi connectivity index (χ0n) is 31.1. The number of fused-ring (bicyclic) bond motifs is 2. The summed E-state index contributed by atoms with van der Waals surface area (Å²) in [6, 6.07) is 10.8. The monoisotopic (exact) mass is 731 g/mol. The van der Waals surface area contributed by atoms with E-state index in [0.29, 0.717) is 5.39 Å². The third-order valence-electron chi connectivity index (χ3n) is 11.2. The lowest BCUT2D eigenvalue weighted by atomic mass is 9.69. The van der Waals surface area contributed by atoms with Gasteiger partial charge in [0.1, 0.15) is 31.0 Å². The number of halogens is 4. The molecule has 12 heteroatoms.